The van der Waals surface area contributed by atoms with Gasteiger partial charge >= 0.3 is 5.97 Å². The molecular formula is C24H22N2O4. The molecule has 30 heavy (non-hydrogen) atoms. The van der Waals surface area contributed by atoms with Crippen LogP contribution >= 0.6 is 0 Å². The zero-order valence-corrected chi connectivity index (χ0v) is 17.0. The Morgan fingerprint density at radius 3 is 2.73 bits per heavy atom. The Hall–Kier alpha value is -3.41. The van der Waals surface area contributed by atoms with E-state index in [9.17, 15) is 14.4 Å². The number of fused-ring (bicyclic) bond motifs is 1. The zero-order chi connectivity index (χ0) is 21.0. The smallest absolute Gasteiger partial charge is 0.338 e. The van der Waals surface area contributed by atoms with Crippen LogP contribution in [0.1, 0.15) is 49.5 Å². The number of hydrogen-bond donors (Lipinski definition) is 1. The molecule has 6 nitrogen and oxygen atoms in total. The van der Waals surface area contributed by atoms with Gasteiger partial charge in [-0.05, 0) is 73.7 Å². The second-order valence-electron chi connectivity index (χ2n) is 8.10. The molecule has 2 aliphatic heterocycles. The standard InChI is InChI=1S/C24H22N2O4/c1-13-14(2)25-20-6-5-16(10-19(13)20)24(29)30-12-21(27)17-8-15-4-3-7-26-22(28)11-18(9-17)23(15)26/h5-6,8-10,25H,3-4,7,11-12H2,1-2H3. The summed E-state index contributed by atoms with van der Waals surface area (Å²) in [6.45, 7) is 4.41. The van der Waals surface area contributed by atoms with Crippen molar-refractivity contribution in [1.29, 1.82) is 0 Å². The average molecular weight is 402 g/mol. The first-order valence-corrected chi connectivity index (χ1v) is 10.2. The summed E-state index contributed by atoms with van der Waals surface area (Å²) >= 11 is 0. The van der Waals surface area contributed by atoms with Crippen LogP contribution in [0.2, 0.25) is 0 Å². The van der Waals surface area contributed by atoms with Gasteiger partial charge < -0.3 is 14.6 Å². The van der Waals surface area contributed by atoms with E-state index in [-0.39, 0.29) is 18.3 Å². The molecule has 3 heterocycles. The van der Waals surface area contributed by atoms with Crippen molar-refractivity contribution in [3.63, 3.8) is 0 Å². The Bertz CT molecular complexity index is 1240. The van der Waals surface area contributed by atoms with Gasteiger partial charge in [0.05, 0.1) is 17.7 Å². The maximum atomic E-state index is 12.7. The molecule has 0 saturated heterocycles. The first-order valence-electron chi connectivity index (χ1n) is 10.2. The summed E-state index contributed by atoms with van der Waals surface area (Å²) in [6, 6.07) is 8.96. The third kappa shape index (κ3) is 2.91. The van der Waals surface area contributed by atoms with E-state index in [0.717, 1.165) is 58.4 Å². The van der Waals surface area contributed by atoms with Gasteiger partial charge in [-0.3, -0.25) is 9.59 Å². The van der Waals surface area contributed by atoms with Gasteiger partial charge in [0.15, 0.2) is 12.4 Å². The molecule has 2 aromatic carbocycles. The summed E-state index contributed by atoms with van der Waals surface area (Å²) in [7, 11) is 0. The second kappa shape index (κ2) is 6.83. The molecule has 1 amide bonds. The number of aromatic amines is 1. The van der Waals surface area contributed by atoms with Crippen LogP contribution in [-0.2, 0) is 22.4 Å². The van der Waals surface area contributed by atoms with Crippen LogP contribution in [0.5, 0.6) is 0 Å². The number of Topliss-reactive ketones (excluding diaryl/α,β-unsaturated/α-hetero) is 1. The van der Waals surface area contributed by atoms with Gasteiger partial charge in [-0.15, -0.1) is 0 Å². The Balaban J connectivity index is 1.33. The average Bonchev–Trinajstić information content (AvgIpc) is 3.22. The lowest BCUT2D eigenvalue weighted by molar-refractivity contribution is -0.117. The summed E-state index contributed by atoms with van der Waals surface area (Å²) in [5.74, 6) is -0.686. The number of esters is 1. The molecule has 1 aromatic heterocycles. The van der Waals surface area contributed by atoms with E-state index < -0.39 is 5.97 Å². The Kier molecular flexibility index (Phi) is 4.24. The van der Waals surface area contributed by atoms with Crippen molar-refractivity contribution in [2.75, 3.05) is 18.1 Å². The van der Waals surface area contributed by atoms with Crippen LogP contribution < -0.4 is 4.90 Å². The van der Waals surface area contributed by atoms with Gasteiger partial charge in [-0.1, -0.05) is 0 Å². The lowest BCUT2D eigenvalue weighted by atomic mass is 9.95. The van der Waals surface area contributed by atoms with Crippen molar-refractivity contribution in [2.45, 2.75) is 33.1 Å². The van der Waals surface area contributed by atoms with Crippen LogP contribution in [0, 0.1) is 13.8 Å². The maximum Gasteiger partial charge on any atom is 0.338 e. The maximum absolute atomic E-state index is 12.7. The fourth-order valence-corrected chi connectivity index (χ4v) is 4.53. The zero-order valence-electron chi connectivity index (χ0n) is 17.0. The summed E-state index contributed by atoms with van der Waals surface area (Å²) in [5.41, 5.74) is 6.94. The van der Waals surface area contributed by atoms with Crippen LogP contribution in [0.4, 0.5) is 5.69 Å². The number of rotatable bonds is 4. The highest BCUT2D eigenvalue weighted by Gasteiger charge is 2.33. The Labute approximate surface area is 173 Å². The molecule has 5 rings (SSSR count). The van der Waals surface area contributed by atoms with Crippen LogP contribution in [0.25, 0.3) is 10.9 Å². The number of nitrogens with zero attached hydrogens (tertiary/aromatic N) is 1. The van der Waals surface area contributed by atoms with Crippen molar-refractivity contribution in [1.82, 2.24) is 4.98 Å². The Morgan fingerprint density at radius 1 is 1.10 bits per heavy atom. The summed E-state index contributed by atoms with van der Waals surface area (Å²) < 4.78 is 5.31. The van der Waals surface area contributed by atoms with E-state index in [2.05, 4.69) is 4.98 Å². The van der Waals surface area contributed by atoms with Crippen molar-refractivity contribution < 1.29 is 19.1 Å². The van der Waals surface area contributed by atoms with Gasteiger partial charge in [0.25, 0.3) is 0 Å². The van der Waals surface area contributed by atoms with Crippen LogP contribution in [0.3, 0.4) is 0 Å². The SMILES string of the molecule is Cc1[nH]c2ccc(C(=O)OCC(=O)c3cc4c5c(c3)CC(=O)N5CCC4)cc2c1C. The predicted octanol–water partition coefficient (Wildman–Crippen LogP) is 3.66. The molecule has 0 spiro atoms. The first kappa shape index (κ1) is 18.6. The number of carbonyl (C=O) groups excluding carboxylic acids is 3. The number of aromatic nitrogens is 1. The number of hydrogen-bond acceptors (Lipinski definition) is 4. The van der Waals surface area contributed by atoms with Crippen molar-refractivity contribution in [2.24, 2.45) is 0 Å². The minimum Gasteiger partial charge on any atom is -0.454 e. The lowest BCUT2D eigenvalue weighted by Gasteiger charge is -2.25. The molecule has 0 saturated carbocycles. The molecule has 152 valence electrons. The first-order chi connectivity index (χ1) is 14.4. The highest BCUT2D eigenvalue weighted by molar-refractivity contribution is 6.06. The van der Waals surface area contributed by atoms with Crippen LogP contribution in [0.15, 0.2) is 30.3 Å². The van der Waals surface area contributed by atoms with Gasteiger partial charge in [0, 0.05) is 28.7 Å². The van der Waals surface area contributed by atoms with E-state index in [1.165, 1.54) is 0 Å². The normalized spacial score (nSPS) is 14.9. The predicted molar refractivity (Wildman–Crippen MR) is 113 cm³/mol. The molecule has 0 bridgehead atoms. The second-order valence-corrected chi connectivity index (χ2v) is 8.10. The molecule has 6 heteroatoms. The molecule has 0 unspecified atom stereocenters. The molecule has 2 aliphatic rings. The monoisotopic (exact) mass is 402 g/mol. The van der Waals surface area contributed by atoms with Crippen molar-refractivity contribution in [3.05, 3.63) is 63.8 Å². The Morgan fingerprint density at radius 2 is 1.90 bits per heavy atom. The number of ketones is 1. The van der Waals surface area contributed by atoms with E-state index in [0.29, 0.717) is 17.5 Å². The summed E-state index contributed by atoms with van der Waals surface area (Å²) in [6.07, 6.45) is 2.08. The highest BCUT2D eigenvalue weighted by atomic mass is 16.5. The highest BCUT2D eigenvalue weighted by Crippen LogP contribution is 2.37. The van der Waals surface area contributed by atoms with Crippen molar-refractivity contribution in [3.8, 4) is 0 Å². The van der Waals surface area contributed by atoms with E-state index in [1.807, 2.05) is 30.9 Å². The quantitative estimate of drug-likeness (QED) is 0.534. The van der Waals surface area contributed by atoms with Crippen LogP contribution in [-0.4, -0.2) is 35.8 Å². The third-order valence-electron chi connectivity index (χ3n) is 6.21. The number of amides is 1. The topological polar surface area (TPSA) is 79.5 Å². The van der Waals surface area contributed by atoms with Crippen molar-refractivity contribution >= 4 is 34.3 Å². The third-order valence-corrected chi connectivity index (χ3v) is 6.21. The minimum atomic E-state index is -0.521. The number of H-pyrrole nitrogens is 1. The fraction of sp³-hybridized carbons (Fsp3) is 0.292. The van der Waals surface area contributed by atoms with E-state index in [4.69, 9.17) is 4.74 Å². The van der Waals surface area contributed by atoms with E-state index >= 15 is 0 Å². The number of benzene rings is 2. The van der Waals surface area contributed by atoms with Gasteiger partial charge in [0.2, 0.25) is 5.91 Å². The number of carbonyl (C=O) groups is 3. The lowest BCUT2D eigenvalue weighted by Crippen LogP contribution is -2.31. The van der Waals surface area contributed by atoms with E-state index in [1.54, 1.807) is 18.2 Å². The molecule has 0 fully saturated rings. The number of ether oxygens (including phenoxy) is 1. The molecule has 0 atom stereocenters. The number of nitrogens with one attached hydrogen (secondary N) is 1. The molecule has 0 radical (unpaired) electrons. The number of anilines is 1. The molecule has 0 aliphatic carbocycles. The van der Waals surface area contributed by atoms with Gasteiger partial charge in [0.1, 0.15) is 0 Å². The number of aryl methyl sites for hydroxylation is 3. The molecule has 1 N–H and O–H groups in total. The minimum absolute atomic E-state index is 0.0904. The molecular weight excluding hydrogens is 380 g/mol. The summed E-state index contributed by atoms with van der Waals surface area (Å²) in [5, 5.41) is 0.972. The fourth-order valence-electron chi connectivity index (χ4n) is 4.53. The van der Waals surface area contributed by atoms with Gasteiger partial charge in [-0.2, -0.15) is 0 Å². The largest absolute Gasteiger partial charge is 0.454 e. The van der Waals surface area contributed by atoms with Gasteiger partial charge in [-0.25, -0.2) is 4.79 Å². The summed E-state index contributed by atoms with van der Waals surface area (Å²) in [4.78, 5) is 42.5. The molecule has 3 aromatic rings.